The molecule has 0 aliphatic carbocycles. The average Bonchev–Trinajstić information content (AvgIpc) is 2.57. The number of hydrogen-bond acceptors (Lipinski definition) is 2. The zero-order valence-electron chi connectivity index (χ0n) is 13.5. The summed E-state index contributed by atoms with van der Waals surface area (Å²) in [4.78, 5) is 2.48. The van der Waals surface area contributed by atoms with Crippen LogP contribution in [0.4, 0.5) is 0 Å². The predicted molar refractivity (Wildman–Crippen MR) is 93.8 cm³/mol. The highest BCUT2D eigenvalue weighted by Crippen LogP contribution is 2.25. The Morgan fingerprint density at radius 3 is 2.41 bits per heavy atom. The van der Waals surface area contributed by atoms with Gasteiger partial charge in [0, 0.05) is 13.1 Å². The van der Waals surface area contributed by atoms with E-state index >= 15 is 0 Å². The maximum absolute atomic E-state index is 3.45. The molecule has 0 saturated carbocycles. The predicted octanol–water partition coefficient (Wildman–Crippen LogP) is 3.79. The Labute approximate surface area is 134 Å². The zero-order chi connectivity index (χ0) is 15.2. The van der Waals surface area contributed by atoms with Crippen molar-refractivity contribution in [2.75, 3.05) is 26.7 Å². The van der Waals surface area contributed by atoms with E-state index in [1.807, 2.05) is 0 Å². The van der Waals surface area contributed by atoms with E-state index in [1.54, 1.807) is 0 Å². The molecule has 0 aromatic heterocycles. The minimum atomic E-state index is 0.843. The molecule has 1 fully saturated rings. The summed E-state index contributed by atoms with van der Waals surface area (Å²) < 4.78 is 0. The molecule has 2 aromatic carbocycles. The normalized spacial score (nSPS) is 16.1. The van der Waals surface area contributed by atoms with Crippen LogP contribution in [0.25, 0.3) is 11.1 Å². The molecule has 0 amide bonds. The van der Waals surface area contributed by atoms with E-state index in [0.717, 1.165) is 12.5 Å². The van der Waals surface area contributed by atoms with Gasteiger partial charge in [-0.3, -0.25) is 0 Å². The number of hydrogen-bond donors (Lipinski definition) is 1. The molecule has 0 atom stereocenters. The van der Waals surface area contributed by atoms with Gasteiger partial charge in [0.25, 0.3) is 0 Å². The van der Waals surface area contributed by atoms with Crippen molar-refractivity contribution in [2.45, 2.75) is 19.4 Å². The molecule has 1 heterocycles. The van der Waals surface area contributed by atoms with Gasteiger partial charge in [0.05, 0.1) is 0 Å². The van der Waals surface area contributed by atoms with Crippen molar-refractivity contribution >= 4 is 0 Å². The third kappa shape index (κ3) is 3.96. The van der Waals surface area contributed by atoms with Crippen molar-refractivity contribution in [2.24, 2.45) is 5.92 Å². The molecule has 116 valence electrons. The molecule has 0 radical (unpaired) electrons. The lowest BCUT2D eigenvalue weighted by Crippen LogP contribution is -2.34. The second-order valence-corrected chi connectivity index (χ2v) is 6.41. The van der Waals surface area contributed by atoms with E-state index in [-0.39, 0.29) is 0 Å². The average molecular weight is 294 g/mol. The molecular formula is C20H26N2. The van der Waals surface area contributed by atoms with Crippen LogP contribution in [-0.2, 0) is 6.54 Å². The fourth-order valence-electron chi connectivity index (χ4n) is 3.42. The number of rotatable bonds is 5. The molecule has 2 aromatic rings. The van der Waals surface area contributed by atoms with Gasteiger partial charge >= 0.3 is 0 Å². The third-order valence-corrected chi connectivity index (χ3v) is 4.57. The highest BCUT2D eigenvalue weighted by Gasteiger charge is 2.15. The lowest BCUT2D eigenvalue weighted by molar-refractivity contribution is 0.235. The SMILES string of the molecule is CN(Cc1ccccc1-c1ccccc1)CC1CCNCC1. The molecule has 3 rings (SSSR count). The number of piperidine rings is 1. The first-order valence-corrected chi connectivity index (χ1v) is 8.35. The molecule has 0 bridgehead atoms. The van der Waals surface area contributed by atoms with Gasteiger partial charge in [0.2, 0.25) is 0 Å². The molecule has 0 unspecified atom stereocenters. The van der Waals surface area contributed by atoms with E-state index in [9.17, 15) is 0 Å². The summed E-state index contributed by atoms with van der Waals surface area (Å²) in [5.74, 6) is 0.843. The van der Waals surface area contributed by atoms with Crippen LogP contribution in [0.2, 0.25) is 0 Å². The van der Waals surface area contributed by atoms with Crippen molar-refractivity contribution < 1.29 is 0 Å². The summed E-state index contributed by atoms with van der Waals surface area (Å²) in [7, 11) is 2.25. The zero-order valence-corrected chi connectivity index (χ0v) is 13.5. The van der Waals surface area contributed by atoms with Crippen molar-refractivity contribution in [1.82, 2.24) is 10.2 Å². The van der Waals surface area contributed by atoms with Gasteiger partial charge in [-0.2, -0.15) is 0 Å². The first kappa shape index (κ1) is 15.3. The monoisotopic (exact) mass is 294 g/mol. The maximum atomic E-state index is 3.45. The molecule has 22 heavy (non-hydrogen) atoms. The van der Waals surface area contributed by atoms with Crippen LogP contribution in [0, 0.1) is 5.92 Å². The highest BCUT2D eigenvalue weighted by atomic mass is 15.1. The molecule has 2 heteroatoms. The van der Waals surface area contributed by atoms with Crippen LogP contribution in [0.15, 0.2) is 54.6 Å². The molecule has 2 nitrogen and oxygen atoms in total. The first-order chi connectivity index (χ1) is 10.8. The van der Waals surface area contributed by atoms with Gasteiger partial charge in [-0.05, 0) is 55.6 Å². The van der Waals surface area contributed by atoms with E-state index in [0.29, 0.717) is 0 Å². The van der Waals surface area contributed by atoms with E-state index < -0.39 is 0 Å². The standard InChI is InChI=1S/C20H26N2/c1-22(15-17-11-13-21-14-12-17)16-19-9-5-6-10-20(19)18-7-3-2-4-8-18/h2-10,17,21H,11-16H2,1H3. The molecular weight excluding hydrogens is 268 g/mol. The summed E-state index contributed by atoms with van der Waals surface area (Å²) >= 11 is 0. The van der Waals surface area contributed by atoms with Crippen LogP contribution in [0.3, 0.4) is 0 Å². The van der Waals surface area contributed by atoms with Crippen LogP contribution < -0.4 is 5.32 Å². The number of nitrogens with one attached hydrogen (secondary N) is 1. The summed E-state index contributed by atoms with van der Waals surface area (Å²) in [6, 6.07) is 19.5. The summed E-state index contributed by atoms with van der Waals surface area (Å²) in [6.07, 6.45) is 2.62. The fourth-order valence-corrected chi connectivity index (χ4v) is 3.42. The van der Waals surface area contributed by atoms with Gasteiger partial charge in [-0.25, -0.2) is 0 Å². The number of nitrogens with zero attached hydrogens (tertiary/aromatic N) is 1. The van der Waals surface area contributed by atoms with Crippen molar-refractivity contribution in [1.29, 1.82) is 0 Å². The van der Waals surface area contributed by atoms with Gasteiger partial charge in [0.15, 0.2) is 0 Å². The Kier molecular flexibility index (Phi) is 5.25. The molecule has 0 spiro atoms. The first-order valence-electron chi connectivity index (χ1n) is 8.35. The van der Waals surface area contributed by atoms with Crippen molar-refractivity contribution in [3.05, 3.63) is 60.2 Å². The lowest BCUT2D eigenvalue weighted by Gasteiger charge is -2.28. The van der Waals surface area contributed by atoms with Crippen molar-refractivity contribution in [3.63, 3.8) is 0 Å². The second kappa shape index (κ2) is 7.57. The van der Waals surface area contributed by atoms with Crippen LogP contribution in [0.5, 0.6) is 0 Å². The Morgan fingerprint density at radius 1 is 0.955 bits per heavy atom. The Hall–Kier alpha value is -1.64. The Bertz CT molecular complexity index is 573. The minimum Gasteiger partial charge on any atom is -0.317 e. The van der Waals surface area contributed by atoms with Gasteiger partial charge < -0.3 is 10.2 Å². The lowest BCUT2D eigenvalue weighted by atomic mass is 9.96. The molecule has 1 saturated heterocycles. The largest absolute Gasteiger partial charge is 0.317 e. The van der Waals surface area contributed by atoms with Crippen LogP contribution in [-0.4, -0.2) is 31.6 Å². The van der Waals surface area contributed by atoms with Gasteiger partial charge in [-0.1, -0.05) is 54.6 Å². The third-order valence-electron chi connectivity index (χ3n) is 4.57. The molecule has 1 aliphatic heterocycles. The second-order valence-electron chi connectivity index (χ2n) is 6.41. The fraction of sp³-hybridized carbons (Fsp3) is 0.400. The number of benzene rings is 2. The van der Waals surface area contributed by atoms with Gasteiger partial charge in [0.1, 0.15) is 0 Å². The summed E-state index contributed by atoms with van der Waals surface area (Å²) in [5, 5.41) is 3.45. The quantitative estimate of drug-likeness (QED) is 0.902. The summed E-state index contributed by atoms with van der Waals surface area (Å²) in [6.45, 7) is 4.58. The van der Waals surface area contributed by atoms with Gasteiger partial charge in [-0.15, -0.1) is 0 Å². The Morgan fingerprint density at radius 2 is 1.64 bits per heavy atom. The smallest absolute Gasteiger partial charge is 0.0236 e. The van der Waals surface area contributed by atoms with E-state index in [1.165, 1.54) is 49.2 Å². The highest BCUT2D eigenvalue weighted by molar-refractivity contribution is 5.67. The Balaban J connectivity index is 1.69. The van der Waals surface area contributed by atoms with E-state index in [2.05, 4.69) is 71.9 Å². The van der Waals surface area contributed by atoms with E-state index in [4.69, 9.17) is 0 Å². The van der Waals surface area contributed by atoms with Crippen LogP contribution in [0.1, 0.15) is 18.4 Å². The summed E-state index contributed by atoms with van der Waals surface area (Å²) in [5.41, 5.74) is 4.10. The van der Waals surface area contributed by atoms with Crippen LogP contribution >= 0.6 is 0 Å². The topological polar surface area (TPSA) is 15.3 Å². The van der Waals surface area contributed by atoms with Crippen molar-refractivity contribution in [3.8, 4) is 11.1 Å². The molecule has 1 aliphatic rings. The minimum absolute atomic E-state index is 0.843. The molecule has 1 N–H and O–H groups in total. The maximum Gasteiger partial charge on any atom is 0.0236 e.